The molecule has 1 aliphatic rings. The van der Waals surface area contributed by atoms with Gasteiger partial charge in [0.1, 0.15) is 0 Å². The van der Waals surface area contributed by atoms with Crippen LogP contribution in [0.1, 0.15) is 24.8 Å². The smallest absolute Gasteiger partial charge is 0.316 e. The summed E-state index contributed by atoms with van der Waals surface area (Å²) in [6.45, 7) is 0.616. The number of hydrogen-bond donors (Lipinski definition) is 3. The molecule has 4 heteroatoms. The maximum absolute atomic E-state index is 10.9. The van der Waals surface area contributed by atoms with Gasteiger partial charge in [-0.05, 0) is 24.5 Å². The van der Waals surface area contributed by atoms with Crippen LogP contribution in [0.4, 0.5) is 10.5 Å². The molecule has 0 unspecified atom stereocenters. The lowest BCUT2D eigenvalue weighted by molar-refractivity contribution is 0.252. The van der Waals surface area contributed by atoms with Crippen molar-refractivity contribution in [2.45, 2.75) is 24.7 Å². The number of anilines is 1. The molecule has 0 aromatic heterocycles. The number of nitrogens with two attached hydrogens (primary N) is 2. The Morgan fingerprint density at radius 3 is 2.56 bits per heavy atom. The summed E-state index contributed by atoms with van der Waals surface area (Å²) in [6.07, 6.45) is 3.37. The van der Waals surface area contributed by atoms with Gasteiger partial charge in [-0.3, -0.25) is 0 Å². The number of carbonyl (C=O) groups is 1. The third-order valence-corrected chi connectivity index (χ3v) is 3.46. The number of rotatable bonds is 3. The standard InChI is InChI=1S/C12H17N3O/c13-8-12(6-3-7-12)9-4-1-2-5-10(9)15-11(14)16/h1-2,4-5H,3,6-8,13H2,(H3,14,15,16). The van der Waals surface area contributed by atoms with E-state index in [0.717, 1.165) is 24.1 Å². The van der Waals surface area contributed by atoms with E-state index < -0.39 is 6.03 Å². The Bertz CT molecular complexity index is 393. The van der Waals surface area contributed by atoms with Crippen LogP contribution in [0.3, 0.4) is 0 Å². The van der Waals surface area contributed by atoms with Crippen LogP contribution < -0.4 is 16.8 Å². The van der Waals surface area contributed by atoms with E-state index in [4.69, 9.17) is 11.5 Å². The van der Waals surface area contributed by atoms with Crippen LogP contribution in [0, 0.1) is 0 Å². The molecule has 5 N–H and O–H groups in total. The van der Waals surface area contributed by atoms with Crippen molar-refractivity contribution < 1.29 is 4.79 Å². The highest BCUT2D eigenvalue weighted by molar-refractivity contribution is 5.89. The predicted molar refractivity (Wildman–Crippen MR) is 64.2 cm³/mol. The molecule has 2 rings (SSSR count). The Morgan fingerprint density at radius 1 is 1.38 bits per heavy atom. The first-order valence-corrected chi connectivity index (χ1v) is 5.54. The highest BCUT2D eigenvalue weighted by Gasteiger charge is 2.38. The van der Waals surface area contributed by atoms with E-state index in [1.807, 2.05) is 24.3 Å². The van der Waals surface area contributed by atoms with Crippen LogP contribution >= 0.6 is 0 Å². The largest absolute Gasteiger partial charge is 0.351 e. The molecule has 0 bridgehead atoms. The lowest BCUT2D eigenvalue weighted by atomic mass is 9.64. The Labute approximate surface area is 95.0 Å². The molecule has 1 saturated carbocycles. The van der Waals surface area contributed by atoms with E-state index in [9.17, 15) is 4.79 Å². The lowest BCUT2D eigenvalue weighted by Gasteiger charge is -2.42. The van der Waals surface area contributed by atoms with E-state index in [1.54, 1.807) is 0 Å². The number of urea groups is 1. The number of carbonyl (C=O) groups excluding carboxylic acids is 1. The Hall–Kier alpha value is -1.55. The van der Waals surface area contributed by atoms with Crippen molar-refractivity contribution in [2.75, 3.05) is 11.9 Å². The summed E-state index contributed by atoms with van der Waals surface area (Å²) in [5.41, 5.74) is 13.0. The van der Waals surface area contributed by atoms with Crippen LogP contribution in [0.15, 0.2) is 24.3 Å². The minimum absolute atomic E-state index is 0.0407. The number of nitrogens with one attached hydrogen (secondary N) is 1. The van der Waals surface area contributed by atoms with Gasteiger partial charge in [0.15, 0.2) is 0 Å². The molecular formula is C12H17N3O. The number of amides is 2. The van der Waals surface area contributed by atoms with E-state index in [0.29, 0.717) is 6.54 Å². The molecule has 0 atom stereocenters. The molecule has 0 spiro atoms. The van der Waals surface area contributed by atoms with Crippen LogP contribution in [0.25, 0.3) is 0 Å². The topological polar surface area (TPSA) is 81.1 Å². The fourth-order valence-corrected chi connectivity index (χ4v) is 2.37. The van der Waals surface area contributed by atoms with Gasteiger partial charge < -0.3 is 16.8 Å². The van der Waals surface area contributed by atoms with Gasteiger partial charge in [-0.2, -0.15) is 0 Å². The molecule has 0 saturated heterocycles. The quantitative estimate of drug-likeness (QED) is 0.721. The number of primary amides is 1. The van der Waals surface area contributed by atoms with Crippen LogP contribution in [0.2, 0.25) is 0 Å². The Balaban J connectivity index is 2.35. The third kappa shape index (κ3) is 1.76. The van der Waals surface area contributed by atoms with Crippen LogP contribution in [-0.2, 0) is 5.41 Å². The first kappa shape index (κ1) is 11.0. The summed E-state index contributed by atoms with van der Waals surface area (Å²) in [7, 11) is 0. The molecule has 0 aliphatic heterocycles. The van der Waals surface area contributed by atoms with Gasteiger partial charge in [0.25, 0.3) is 0 Å². The minimum Gasteiger partial charge on any atom is -0.351 e. The monoisotopic (exact) mass is 219 g/mol. The summed E-state index contributed by atoms with van der Waals surface area (Å²) in [4.78, 5) is 10.9. The summed E-state index contributed by atoms with van der Waals surface area (Å²) in [5.74, 6) is 0. The fourth-order valence-electron chi connectivity index (χ4n) is 2.37. The first-order valence-electron chi connectivity index (χ1n) is 5.54. The zero-order valence-electron chi connectivity index (χ0n) is 9.20. The highest BCUT2D eigenvalue weighted by atomic mass is 16.2. The maximum Gasteiger partial charge on any atom is 0.316 e. The zero-order valence-corrected chi connectivity index (χ0v) is 9.20. The molecule has 16 heavy (non-hydrogen) atoms. The van der Waals surface area contributed by atoms with Crippen molar-refractivity contribution >= 4 is 11.7 Å². The van der Waals surface area contributed by atoms with Gasteiger partial charge in [0, 0.05) is 17.6 Å². The molecule has 2 amide bonds. The van der Waals surface area contributed by atoms with Gasteiger partial charge in [0.2, 0.25) is 0 Å². The molecule has 4 nitrogen and oxygen atoms in total. The minimum atomic E-state index is -0.529. The van der Waals surface area contributed by atoms with Gasteiger partial charge >= 0.3 is 6.03 Å². The molecule has 1 aliphatic carbocycles. The van der Waals surface area contributed by atoms with E-state index >= 15 is 0 Å². The van der Waals surface area contributed by atoms with Crippen molar-refractivity contribution in [2.24, 2.45) is 11.5 Å². The number of benzene rings is 1. The number of hydrogen-bond acceptors (Lipinski definition) is 2. The maximum atomic E-state index is 10.9. The van der Waals surface area contributed by atoms with Crippen molar-refractivity contribution in [3.05, 3.63) is 29.8 Å². The molecular weight excluding hydrogens is 202 g/mol. The van der Waals surface area contributed by atoms with E-state index in [-0.39, 0.29) is 5.41 Å². The van der Waals surface area contributed by atoms with Crippen molar-refractivity contribution in [3.8, 4) is 0 Å². The Morgan fingerprint density at radius 2 is 2.06 bits per heavy atom. The van der Waals surface area contributed by atoms with Gasteiger partial charge in [-0.15, -0.1) is 0 Å². The van der Waals surface area contributed by atoms with Crippen LogP contribution in [0.5, 0.6) is 0 Å². The second-order valence-corrected chi connectivity index (χ2v) is 4.37. The average molecular weight is 219 g/mol. The normalized spacial score (nSPS) is 17.6. The van der Waals surface area contributed by atoms with Gasteiger partial charge in [-0.1, -0.05) is 24.6 Å². The summed E-state index contributed by atoms with van der Waals surface area (Å²) in [6, 6.07) is 7.22. The lowest BCUT2D eigenvalue weighted by Crippen LogP contribution is -2.42. The summed E-state index contributed by atoms with van der Waals surface area (Å²) >= 11 is 0. The number of para-hydroxylation sites is 1. The molecule has 1 fully saturated rings. The fraction of sp³-hybridized carbons (Fsp3) is 0.417. The summed E-state index contributed by atoms with van der Waals surface area (Å²) in [5, 5.41) is 2.66. The van der Waals surface area contributed by atoms with Gasteiger partial charge in [0.05, 0.1) is 0 Å². The molecule has 0 radical (unpaired) electrons. The molecule has 1 aromatic carbocycles. The van der Waals surface area contributed by atoms with Crippen LogP contribution in [-0.4, -0.2) is 12.6 Å². The average Bonchev–Trinajstić information content (AvgIpc) is 2.19. The molecule has 0 heterocycles. The molecule has 86 valence electrons. The SMILES string of the molecule is NCC1(c2ccccc2NC(N)=O)CCC1. The van der Waals surface area contributed by atoms with E-state index in [2.05, 4.69) is 5.32 Å². The van der Waals surface area contributed by atoms with Crippen molar-refractivity contribution in [1.29, 1.82) is 0 Å². The second-order valence-electron chi connectivity index (χ2n) is 4.37. The van der Waals surface area contributed by atoms with Crippen molar-refractivity contribution in [1.82, 2.24) is 0 Å². The second kappa shape index (κ2) is 4.14. The zero-order chi connectivity index (χ0) is 11.6. The third-order valence-electron chi connectivity index (χ3n) is 3.46. The van der Waals surface area contributed by atoms with Gasteiger partial charge in [-0.25, -0.2) is 4.79 Å². The Kier molecular flexibility index (Phi) is 2.83. The van der Waals surface area contributed by atoms with E-state index in [1.165, 1.54) is 6.42 Å². The molecule has 1 aromatic rings. The van der Waals surface area contributed by atoms with Crippen molar-refractivity contribution in [3.63, 3.8) is 0 Å². The first-order chi connectivity index (χ1) is 7.68. The highest BCUT2D eigenvalue weighted by Crippen LogP contribution is 2.45. The summed E-state index contributed by atoms with van der Waals surface area (Å²) < 4.78 is 0. The predicted octanol–water partition coefficient (Wildman–Crippen LogP) is 1.56.